The quantitative estimate of drug-likeness (QED) is 0.651. The van der Waals surface area contributed by atoms with Crippen LogP contribution in [-0.4, -0.2) is 16.2 Å². The number of benzene rings is 1. The molecule has 0 spiro atoms. The van der Waals surface area contributed by atoms with Crippen molar-refractivity contribution < 1.29 is 0 Å². The number of hydrogen-bond donors (Lipinski definition) is 2. The van der Waals surface area contributed by atoms with Crippen molar-refractivity contribution in [2.24, 2.45) is 0 Å². The molecule has 18 heavy (non-hydrogen) atoms. The van der Waals surface area contributed by atoms with E-state index < -0.39 is 0 Å². The van der Waals surface area contributed by atoms with Gasteiger partial charge in [-0.3, -0.25) is 0 Å². The van der Waals surface area contributed by atoms with E-state index in [0.717, 1.165) is 10.2 Å². The predicted molar refractivity (Wildman–Crippen MR) is 80.7 cm³/mol. The Hall–Kier alpha value is -0.980. The van der Waals surface area contributed by atoms with Crippen LogP contribution in [0.1, 0.15) is 0 Å². The number of nitrogens with zero attached hydrogens (tertiary/aromatic N) is 2. The van der Waals surface area contributed by atoms with Crippen molar-refractivity contribution in [2.75, 3.05) is 17.3 Å². The van der Waals surface area contributed by atoms with Gasteiger partial charge in [0.15, 0.2) is 5.16 Å². The van der Waals surface area contributed by atoms with E-state index in [1.54, 1.807) is 12.1 Å². The first kappa shape index (κ1) is 13.5. The molecule has 0 unspecified atom stereocenters. The van der Waals surface area contributed by atoms with Crippen molar-refractivity contribution in [1.82, 2.24) is 9.97 Å². The van der Waals surface area contributed by atoms with E-state index in [0.29, 0.717) is 21.8 Å². The molecule has 0 aliphatic rings. The van der Waals surface area contributed by atoms with Crippen LogP contribution in [0.4, 0.5) is 17.3 Å². The molecular weight excluding hydrogens is 336 g/mol. The highest BCUT2D eigenvalue weighted by Gasteiger charge is 2.05. The number of halogens is 2. The van der Waals surface area contributed by atoms with Gasteiger partial charge in [0.25, 0.3) is 0 Å². The standard InChI is InChI=1S/C11H10BrClN4S/c1-18-11-16-9(14)5-10(17-11)15-8-4-6(12)2-3-7(8)13/h2-5H,1H3,(H3,14,15,16,17). The van der Waals surface area contributed by atoms with Crippen LogP contribution in [0, 0.1) is 0 Å². The van der Waals surface area contributed by atoms with Gasteiger partial charge in [0.1, 0.15) is 11.6 Å². The van der Waals surface area contributed by atoms with Crippen molar-refractivity contribution in [1.29, 1.82) is 0 Å². The van der Waals surface area contributed by atoms with Crippen LogP contribution in [0.3, 0.4) is 0 Å². The molecule has 0 saturated carbocycles. The average molecular weight is 346 g/mol. The normalized spacial score (nSPS) is 10.4. The molecule has 2 rings (SSSR count). The number of thioether (sulfide) groups is 1. The molecule has 94 valence electrons. The summed E-state index contributed by atoms with van der Waals surface area (Å²) in [6.07, 6.45) is 1.89. The van der Waals surface area contributed by atoms with Gasteiger partial charge in [0.2, 0.25) is 0 Å². The minimum Gasteiger partial charge on any atom is -0.383 e. The highest BCUT2D eigenvalue weighted by Crippen LogP contribution is 2.28. The Labute approximate surface area is 122 Å². The predicted octanol–water partition coefficient (Wildman–Crippen LogP) is 3.94. The van der Waals surface area contributed by atoms with E-state index in [1.807, 2.05) is 18.4 Å². The fraction of sp³-hybridized carbons (Fsp3) is 0.0909. The summed E-state index contributed by atoms with van der Waals surface area (Å²) >= 11 is 10.9. The zero-order chi connectivity index (χ0) is 13.1. The fourth-order valence-corrected chi connectivity index (χ4v) is 2.24. The molecule has 0 aliphatic carbocycles. The maximum atomic E-state index is 6.10. The first-order valence-electron chi connectivity index (χ1n) is 4.99. The third-order valence-electron chi connectivity index (χ3n) is 2.10. The van der Waals surface area contributed by atoms with Crippen molar-refractivity contribution >= 4 is 56.6 Å². The molecule has 7 heteroatoms. The van der Waals surface area contributed by atoms with E-state index in [4.69, 9.17) is 17.3 Å². The van der Waals surface area contributed by atoms with E-state index in [1.165, 1.54) is 11.8 Å². The smallest absolute Gasteiger partial charge is 0.191 e. The maximum absolute atomic E-state index is 6.10. The van der Waals surface area contributed by atoms with Gasteiger partial charge in [-0.2, -0.15) is 0 Å². The summed E-state index contributed by atoms with van der Waals surface area (Å²) in [6, 6.07) is 7.21. The first-order valence-corrected chi connectivity index (χ1v) is 7.38. The maximum Gasteiger partial charge on any atom is 0.191 e. The van der Waals surface area contributed by atoms with Crippen molar-refractivity contribution in [3.8, 4) is 0 Å². The molecule has 0 fully saturated rings. The summed E-state index contributed by atoms with van der Waals surface area (Å²) in [7, 11) is 0. The molecule has 0 bridgehead atoms. The molecule has 0 aliphatic heterocycles. The zero-order valence-corrected chi connectivity index (χ0v) is 12.6. The van der Waals surface area contributed by atoms with Gasteiger partial charge in [-0.1, -0.05) is 39.3 Å². The van der Waals surface area contributed by atoms with E-state index in [2.05, 4.69) is 31.2 Å². The summed E-state index contributed by atoms with van der Waals surface area (Å²) in [5.74, 6) is 1.04. The fourth-order valence-electron chi connectivity index (χ4n) is 1.33. The summed E-state index contributed by atoms with van der Waals surface area (Å²) in [5, 5.41) is 4.35. The van der Waals surface area contributed by atoms with Crippen molar-refractivity contribution in [2.45, 2.75) is 5.16 Å². The van der Waals surface area contributed by atoms with Gasteiger partial charge >= 0.3 is 0 Å². The third-order valence-corrected chi connectivity index (χ3v) is 3.47. The van der Waals surface area contributed by atoms with Crippen molar-refractivity contribution in [3.63, 3.8) is 0 Å². The van der Waals surface area contributed by atoms with Crippen LogP contribution in [0.25, 0.3) is 0 Å². The Bertz CT molecular complexity index is 579. The number of aromatic nitrogens is 2. The second-order valence-electron chi connectivity index (χ2n) is 3.41. The van der Waals surface area contributed by atoms with E-state index in [-0.39, 0.29) is 0 Å². The lowest BCUT2D eigenvalue weighted by atomic mass is 10.3. The monoisotopic (exact) mass is 344 g/mol. The van der Waals surface area contributed by atoms with Gasteiger partial charge in [-0.05, 0) is 24.5 Å². The largest absolute Gasteiger partial charge is 0.383 e. The van der Waals surface area contributed by atoms with E-state index in [9.17, 15) is 0 Å². The van der Waals surface area contributed by atoms with Crippen LogP contribution >= 0.6 is 39.3 Å². The lowest BCUT2D eigenvalue weighted by Gasteiger charge is -2.09. The number of nitrogen functional groups attached to an aromatic ring is 1. The first-order chi connectivity index (χ1) is 8.58. The number of nitrogens with one attached hydrogen (secondary N) is 1. The minimum absolute atomic E-state index is 0.419. The second-order valence-corrected chi connectivity index (χ2v) is 5.51. The summed E-state index contributed by atoms with van der Waals surface area (Å²) in [4.78, 5) is 8.39. The molecule has 0 radical (unpaired) electrons. The Morgan fingerprint density at radius 2 is 2.11 bits per heavy atom. The van der Waals surface area contributed by atoms with Crippen LogP contribution < -0.4 is 11.1 Å². The molecule has 1 aromatic carbocycles. The Balaban J connectivity index is 2.33. The summed E-state index contributed by atoms with van der Waals surface area (Å²) in [6.45, 7) is 0. The number of nitrogens with two attached hydrogens (primary N) is 1. The number of hydrogen-bond acceptors (Lipinski definition) is 5. The second kappa shape index (κ2) is 5.77. The Morgan fingerprint density at radius 3 is 2.83 bits per heavy atom. The van der Waals surface area contributed by atoms with Crippen LogP contribution in [0.5, 0.6) is 0 Å². The molecule has 1 heterocycles. The lowest BCUT2D eigenvalue weighted by Crippen LogP contribution is -2.00. The highest BCUT2D eigenvalue weighted by molar-refractivity contribution is 9.10. The van der Waals surface area contributed by atoms with Gasteiger partial charge in [-0.25, -0.2) is 9.97 Å². The number of rotatable bonds is 3. The molecule has 3 N–H and O–H groups in total. The Morgan fingerprint density at radius 1 is 1.33 bits per heavy atom. The van der Waals surface area contributed by atoms with Crippen LogP contribution in [0.15, 0.2) is 33.9 Å². The molecular formula is C11H10BrClN4S. The number of anilines is 3. The van der Waals surface area contributed by atoms with Gasteiger partial charge < -0.3 is 11.1 Å². The molecule has 2 aromatic rings. The molecule has 0 atom stereocenters. The van der Waals surface area contributed by atoms with Gasteiger partial charge in [-0.15, -0.1) is 0 Å². The lowest BCUT2D eigenvalue weighted by molar-refractivity contribution is 0.984. The van der Waals surface area contributed by atoms with Crippen LogP contribution in [0.2, 0.25) is 5.02 Å². The summed E-state index contributed by atoms with van der Waals surface area (Å²) < 4.78 is 0.932. The third kappa shape index (κ3) is 3.28. The Kier molecular flexibility index (Phi) is 4.31. The zero-order valence-electron chi connectivity index (χ0n) is 9.45. The average Bonchev–Trinajstić information content (AvgIpc) is 2.33. The topological polar surface area (TPSA) is 63.8 Å². The van der Waals surface area contributed by atoms with Crippen molar-refractivity contribution in [3.05, 3.63) is 33.8 Å². The molecule has 0 saturated heterocycles. The van der Waals surface area contributed by atoms with E-state index >= 15 is 0 Å². The van der Waals surface area contributed by atoms with Gasteiger partial charge in [0, 0.05) is 10.5 Å². The summed E-state index contributed by atoms with van der Waals surface area (Å²) in [5.41, 5.74) is 6.47. The molecule has 0 amide bonds. The highest BCUT2D eigenvalue weighted by atomic mass is 79.9. The van der Waals surface area contributed by atoms with Gasteiger partial charge in [0.05, 0.1) is 10.7 Å². The molecule has 4 nitrogen and oxygen atoms in total. The van der Waals surface area contributed by atoms with Crippen LogP contribution in [-0.2, 0) is 0 Å². The minimum atomic E-state index is 0.419. The molecule has 1 aromatic heterocycles. The SMILES string of the molecule is CSc1nc(N)cc(Nc2cc(Br)ccc2Cl)n1.